The molecule has 0 heterocycles. The maximum atomic E-state index is 12.4. The Bertz CT molecular complexity index is 602. The van der Waals surface area contributed by atoms with Gasteiger partial charge in [-0.1, -0.05) is 25.1 Å². The zero-order chi connectivity index (χ0) is 14.5. The minimum Gasteiger partial charge on any atom is -0.322 e. The van der Waals surface area contributed by atoms with Gasteiger partial charge in [0, 0.05) is 10.6 Å². The van der Waals surface area contributed by atoms with Crippen molar-refractivity contribution in [1.29, 1.82) is 0 Å². The molecular formula is C17H19NOS. The van der Waals surface area contributed by atoms with Gasteiger partial charge in [0.25, 0.3) is 5.91 Å². The highest BCUT2D eigenvalue weighted by Crippen LogP contribution is 2.23. The van der Waals surface area contributed by atoms with E-state index in [0.717, 1.165) is 33.0 Å². The molecule has 0 aliphatic carbocycles. The van der Waals surface area contributed by atoms with E-state index in [-0.39, 0.29) is 5.91 Å². The Morgan fingerprint density at radius 3 is 2.40 bits per heavy atom. The summed E-state index contributed by atoms with van der Waals surface area (Å²) in [6.45, 7) is 6.15. The summed E-state index contributed by atoms with van der Waals surface area (Å²) in [6, 6.07) is 13.8. The van der Waals surface area contributed by atoms with E-state index in [1.165, 1.54) is 0 Å². The third-order valence-electron chi connectivity index (χ3n) is 2.91. The first-order valence-electron chi connectivity index (χ1n) is 6.71. The second kappa shape index (κ2) is 6.62. The molecule has 2 aromatic carbocycles. The molecule has 0 aromatic heterocycles. The van der Waals surface area contributed by atoms with Gasteiger partial charge in [-0.3, -0.25) is 4.79 Å². The highest BCUT2D eigenvalue weighted by Gasteiger charge is 2.11. The largest absolute Gasteiger partial charge is 0.322 e. The lowest BCUT2D eigenvalue weighted by Gasteiger charge is -2.10. The van der Waals surface area contributed by atoms with Gasteiger partial charge in [0.2, 0.25) is 0 Å². The fraction of sp³-hybridized carbons (Fsp3) is 0.235. The van der Waals surface area contributed by atoms with Gasteiger partial charge in [-0.15, -0.1) is 11.8 Å². The normalized spacial score (nSPS) is 10.3. The number of hydrogen-bond acceptors (Lipinski definition) is 2. The van der Waals surface area contributed by atoms with Crippen molar-refractivity contribution in [1.82, 2.24) is 0 Å². The molecule has 2 rings (SSSR count). The van der Waals surface area contributed by atoms with Gasteiger partial charge in [-0.25, -0.2) is 0 Å². The van der Waals surface area contributed by atoms with Crippen LogP contribution < -0.4 is 5.32 Å². The van der Waals surface area contributed by atoms with Crippen LogP contribution in [-0.2, 0) is 0 Å². The number of carbonyl (C=O) groups is 1. The maximum absolute atomic E-state index is 12.4. The van der Waals surface area contributed by atoms with Gasteiger partial charge in [0.15, 0.2) is 0 Å². The SMILES string of the molecule is CCSc1ccccc1C(=O)Nc1cc(C)cc(C)c1. The molecule has 3 heteroatoms. The molecule has 0 saturated heterocycles. The van der Waals surface area contributed by atoms with Crippen LogP contribution in [-0.4, -0.2) is 11.7 Å². The van der Waals surface area contributed by atoms with E-state index in [4.69, 9.17) is 0 Å². The van der Waals surface area contributed by atoms with E-state index in [0.29, 0.717) is 0 Å². The fourth-order valence-electron chi connectivity index (χ4n) is 2.18. The molecule has 2 aromatic rings. The Morgan fingerprint density at radius 1 is 1.10 bits per heavy atom. The van der Waals surface area contributed by atoms with Crippen LogP contribution in [0.1, 0.15) is 28.4 Å². The van der Waals surface area contributed by atoms with Crippen molar-refractivity contribution in [3.05, 3.63) is 59.2 Å². The molecule has 0 saturated carbocycles. The summed E-state index contributed by atoms with van der Waals surface area (Å²) >= 11 is 1.69. The van der Waals surface area contributed by atoms with Crippen LogP contribution >= 0.6 is 11.8 Å². The summed E-state index contributed by atoms with van der Waals surface area (Å²) in [6.07, 6.45) is 0. The van der Waals surface area contributed by atoms with E-state index in [1.54, 1.807) is 11.8 Å². The lowest BCUT2D eigenvalue weighted by molar-refractivity contribution is 0.102. The third kappa shape index (κ3) is 3.64. The van der Waals surface area contributed by atoms with Crippen LogP contribution in [0.5, 0.6) is 0 Å². The standard InChI is InChI=1S/C17H19NOS/c1-4-20-16-8-6-5-7-15(16)17(19)18-14-10-12(2)9-13(3)11-14/h5-11H,4H2,1-3H3,(H,18,19). The summed E-state index contributed by atoms with van der Waals surface area (Å²) < 4.78 is 0. The Labute approximate surface area is 124 Å². The number of carbonyl (C=O) groups excluding carboxylic acids is 1. The molecule has 0 aliphatic rings. The molecule has 0 unspecified atom stereocenters. The summed E-state index contributed by atoms with van der Waals surface area (Å²) in [5, 5.41) is 2.99. The predicted molar refractivity (Wildman–Crippen MR) is 86.7 cm³/mol. The van der Waals surface area contributed by atoms with Crippen molar-refractivity contribution < 1.29 is 4.79 Å². The van der Waals surface area contributed by atoms with Gasteiger partial charge in [0.05, 0.1) is 5.56 Å². The molecule has 0 spiro atoms. The lowest BCUT2D eigenvalue weighted by Crippen LogP contribution is -2.13. The molecule has 0 bridgehead atoms. The second-order valence-electron chi connectivity index (χ2n) is 4.76. The highest BCUT2D eigenvalue weighted by atomic mass is 32.2. The average Bonchev–Trinajstić information content (AvgIpc) is 2.38. The topological polar surface area (TPSA) is 29.1 Å². The van der Waals surface area contributed by atoms with Gasteiger partial charge < -0.3 is 5.32 Å². The lowest BCUT2D eigenvalue weighted by atomic mass is 10.1. The Balaban J connectivity index is 2.23. The van der Waals surface area contributed by atoms with Crippen LogP contribution in [0.15, 0.2) is 47.4 Å². The summed E-state index contributed by atoms with van der Waals surface area (Å²) in [5.74, 6) is 0.903. The van der Waals surface area contributed by atoms with Crippen LogP contribution in [0, 0.1) is 13.8 Å². The molecular weight excluding hydrogens is 266 g/mol. The first kappa shape index (κ1) is 14.7. The number of anilines is 1. The number of nitrogens with one attached hydrogen (secondary N) is 1. The van der Waals surface area contributed by atoms with Crippen molar-refractivity contribution in [2.24, 2.45) is 0 Å². The Morgan fingerprint density at radius 2 is 1.75 bits per heavy atom. The average molecular weight is 285 g/mol. The number of thioether (sulfide) groups is 1. The first-order chi connectivity index (χ1) is 9.60. The quantitative estimate of drug-likeness (QED) is 0.827. The summed E-state index contributed by atoms with van der Waals surface area (Å²) in [4.78, 5) is 13.4. The van der Waals surface area contributed by atoms with Gasteiger partial charge >= 0.3 is 0 Å². The number of hydrogen-bond donors (Lipinski definition) is 1. The number of rotatable bonds is 4. The van der Waals surface area contributed by atoms with Crippen LogP contribution in [0.25, 0.3) is 0 Å². The van der Waals surface area contributed by atoms with Crippen LogP contribution in [0.3, 0.4) is 0 Å². The van der Waals surface area contributed by atoms with Crippen molar-refractivity contribution >= 4 is 23.4 Å². The first-order valence-corrected chi connectivity index (χ1v) is 7.70. The summed E-state index contributed by atoms with van der Waals surface area (Å²) in [7, 11) is 0. The predicted octanol–water partition coefficient (Wildman–Crippen LogP) is 4.67. The number of amides is 1. The monoisotopic (exact) mass is 285 g/mol. The molecule has 0 radical (unpaired) electrons. The van der Waals surface area contributed by atoms with E-state index in [9.17, 15) is 4.79 Å². The molecule has 2 nitrogen and oxygen atoms in total. The van der Waals surface area contributed by atoms with E-state index in [2.05, 4.69) is 18.3 Å². The molecule has 20 heavy (non-hydrogen) atoms. The van der Waals surface area contributed by atoms with Crippen molar-refractivity contribution in [3.63, 3.8) is 0 Å². The van der Waals surface area contributed by atoms with Crippen molar-refractivity contribution in [3.8, 4) is 0 Å². The third-order valence-corrected chi connectivity index (χ3v) is 3.87. The van der Waals surface area contributed by atoms with E-state index < -0.39 is 0 Å². The van der Waals surface area contributed by atoms with Crippen LogP contribution in [0.4, 0.5) is 5.69 Å². The summed E-state index contributed by atoms with van der Waals surface area (Å²) in [5.41, 5.74) is 3.88. The van der Waals surface area contributed by atoms with Gasteiger partial charge in [0.1, 0.15) is 0 Å². The molecule has 0 fully saturated rings. The zero-order valence-electron chi connectivity index (χ0n) is 12.1. The van der Waals surface area contributed by atoms with Crippen molar-refractivity contribution in [2.75, 3.05) is 11.1 Å². The molecule has 104 valence electrons. The fourth-order valence-corrected chi connectivity index (χ4v) is 2.98. The van der Waals surface area contributed by atoms with Gasteiger partial charge in [-0.05, 0) is 55.0 Å². The molecule has 0 aliphatic heterocycles. The highest BCUT2D eigenvalue weighted by molar-refractivity contribution is 7.99. The van der Waals surface area contributed by atoms with Crippen molar-refractivity contribution in [2.45, 2.75) is 25.7 Å². The number of benzene rings is 2. The second-order valence-corrected chi connectivity index (χ2v) is 6.07. The zero-order valence-corrected chi connectivity index (χ0v) is 12.9. The van der Waals surface area contributed by atoms with Crippen LogP contribution in [0.2, 0.25) is 0 Å². The minimum absolute atomic E-state index is 0.0495. The smallest absolute Gasteiger partial charge is 0.256 e. The molecule has 0 atom stereocenters. The number of aryl methyl sites for hydroxylation is 2. The molecule has 1 amide bonds. The Kier molecular flexibility index (Phi) is 4.85. The molecule has 1 N–H and O–H groups in total. The van der Waals surface area contributed by atoms with E-state index >= 15 is 0 Å². The van der Waals surface area contributed by atoms with Gasteiger partial charge in [-0.2, -0.15) is 0 Å². The Hall–Kier alpha value is -1.74. The maximum Gasteiger partial charge on any atom is 0.256 e. The van der Waals surface area contributed by atoms with E-state index in [1.807, 2.05) is 50.2 Å². The minimum atomic E-state index is -0.0495.